The number of hydrogen-bond acceptors (Lipinski definition) is 3. The molecule has 25 heavy (non-hydrogen) atoms. The van der Waals surface area contributed by atoms with Crippen molar-refractivity contribution in [3.63, 3.8) is 0 Å². The first kappa shape index (κ1) is 18.2. The van der Waals surface area contributed by atoms with E-state index in [1.165, 1.54) is 18.4 Å². The lowest BCUT2D eigenvalue weighted by Gasteiger charge is -2.33. The van der Waals surface area contributed by atoms with Crippen molar-refractivity contribution in [1.29, 1.82) is 0 Å². The Morgan fingerprint density at radius 3 is 2.52 bits per heavy atom. The fourth-order valence-corrected chi connectivity index (χ4v) is 3.69. The van der Waals surface area contributed by atoms with Crippen LogP contribution in [-0.2, 0) is 4.74 Å². The van der Waals surface area contributed by atoms with Crippen LogP contribution in [0, 0.1) is 5.92 Å². The molecule has 2 aliphatic rings. The smallest absolute Gasteiger partial charge is 0.410 e. The van der Waals surface area contributed by atoms with Gasteiger partial charge in [-0.05, 0) is 64.5 Å². The van der Waals surface area contributed by atoms with Gasteiger partial charge in [-0.15, -0.1) is 0 Å². The van der Waals surface area contributed by atoms with Gasteiger partial charge in [-0.25, -0.2) is 4.79 Å². The zero-order valence-electron chi connectivity index (χ0n) is 15.8. The third-order valence-electron chi connectivity index (χ3n) is 5.24. The van der Waals surface area contributed by atoms with Crippen LogP contribution in [0.25, 0.3) is 0 Å². The number of rotatable bonds is 5. The molecular formula is C21H32N2O2. The molecule has 2 atom stereocenters. The molecule has 3 rings (SSSR count). The Kier molecular flexibility index (Phi) is 5.67. The Morgan fingerprint density at radius 1 is 1.20 bits per heavy atom. The molecule has 0 aromatic heterocycles. The molecule has 1 heterocycles. The standard InChI is InChI=1S/C21H32N2O2/c1-21(2,3)25-20(24)23-13-10-16(11-14-23)9-12-22-19-15-18(19)17-7-5-4-6-8-17/h4-8,16,18-19,22H,9-15H2,1-3H3/t18-,19+/m0/s1. The van der Waals surface area contributed by atoms with Gasteiger partial charge in [0.2, 0.25) is 0 Å². The van der Waals surface area contributed by atoms with Crippen molar-refractivity contribution in [3.05, 3.63) is 35.9 Å². The number of amides is 1. The number of ether oxygens (including phenoxy) is 1. The van der Waals surface area contributed by atoms with E-state index in [1.807, 2.05) is 25.7 Å². The molecule has 0 radical (unpaired) electrons. The van der Waals surface area contributed by atoms with Crippen molar-refractivity contribution in [2.24, 2.45) is 5.92 Å². The summed E-state index contributed by atoms with van der Waals surface area (Å²) < 4.78 is 5.46. The number of hydrogen-bond donors (Lipinski definition) is 1. The Labute approximate surface area is 151 Å². The van der Waals surface area contributed by atoms with E-state index in [1.54, 1.807) is 0 Å². The van der Waals surface area contributed by atoms with Gasteiger partial charge in [0.15, 0.2) is 0 Å². The number of nitrogens with one attached hydrogen (secondary N) is 1. The summed E-state index contributed by atoms with van der Waals surface area (Å²) in [6.07, 6.45) is 4.50. The van der Waals surface area contributed by atoms with Gasteiger partial charge in [-0.2, -0.15) is 0 Å². The Bertz CT molecular complexity index is 559. The highest BCUT2D eigenvalue weighted by Gasteiger charge is 2.37. The molecule has 1 amide bonds. The molecule has 1 saturated heterocycles. The first-order valence-corrected chi connectivity index (χ1v) is 9.68. The van der Waals surface area contributed by atoms with E-state index in [2.05, 4.69) is 35.6 Å². The second-order valence-corrected chi connectivity index (χ2v) is 8.51. The van der Waals surface area contributed by atoms with E-state index in [-0.39, 0.29) is 6.09 Å². The minimum Gasteiger partial charge on any atom is -0.444 e. The highest BCUT2D eigenvalue weighted by atomic mass is 16.6. The van der Waals surface area contributed by atoms with Crippen LogP contribution in [0.5, 0.6) is 0 Å². The zero-order chi connectivity index (χ0) is 17.9. The van der Waals surface area contributed by atoms with Crippen LogP contribution in [0.15, 0.2) is 30.3 Å². The predicted molar refractivity (Wildman–Crippen MR) is 101 cm³/mol. The largest absolute Gasteiger partial charge is 0.444 e. The van der Waals surface area contributed by atoms with Crippen molar-refractivity contribution in [3.8, 4) is 0 Å². The maximum Gasteiger partial charge on any atom is 0.410 e. The molecule has 0 unspecified atom stereocenters. The third-order valence-corrected chi connectivity index (χ3v) is 5.24. The van der Waals surface area contributed by atoms with Crippen molar-refractivity contribution in [2.75, 3.05) is 19.6 Å². The molecule has 4 heteroatoms. The number of likely N-dealkylation sites (tertiary alicyclic amines) is 1. The summed E-state index contributed by atoms with van der Waals surface area (Å²) in [6.45, 7) is 8.51. The van der Waals surface area contributed by atoms with Gasteiger partial charge >= 0.3 is 6.09 Å². The fraction of sp³-hybridized carbons (Fsp3) is 0.667. The molecule has 0 spiro atoms. The van der Waals surface area contributed by atoms with Gasteiger partial charge in [0, 0.05) is 25.0 Å². The second kappa shape index (κ2) is 7.77. The van der Waals surface area contributed by atoms with E-state index < -0.39 is 5.60 Å². The van der Waals surface area contributed by atoms with Crippen molar-refractivity contribution >= 4 is 6.09 Å². The molecule has 4 nitrogen and oxygen atoms in total. The lowest BCUT2D eigenvalue weighted by molar-refractivity contribution is 0.0181. The quantitative estimate of drug-likeness (QED) is 0.872. The molecule has 2 fully saturated rings. The maximum atomic E-state index is 12.1. The third kappa shape index (κ3) is 5.46. The van der Waals surface area contributed by atoms with Crippen LogP contribution in [0.1, 0.15) is 57.9 Å². The topological polar surface area (TPSA) is 41.6 Å². The van der Waals surface area contributed by atoms with Gasteiger partial charge in [0.1, 0.15) is 5.60 Å². The predicted octanol–water partition coefficient (Wildman–Crippen LogP) is 4.17. The monoisotopic (exact) mass is 344 g/mol. The van der Waals surface area contributed by atoms with Crippen molar-refractivity contribution < 1.29 is 9.53 Å². The summed E-state index contributed by atoms with van der Waals surface area (Å²) in [6, 6.07) is 11.5. The molecule has 1 aromatic rings. The average molecular weight is 344 g/mol. The Balaban J connectivity index is 1.31. The first-order valence-electron chi connectivity index (χ1n) is 9.68. The van der Waals surface area contributed by atoms with E-state index in [0.717, 1.165) is 38.4 Å². The highest BCUT2D eigenvalue weighted by molar-refractivity contribution is 5.68. The molecule has 1 saturated carbocycles. The van der Waals surface area contributed by atoms with Crippen LogP contribution >= 0.6 is 0 Å². The van der Waals surface area contributed by atoms with E-state index in [9.17, 15) is 4.79 Å². The maximum absolute atomic E-state index is 12.1. The van der Waals surface area contributed by atoms with Gasteiger partial charge in [-0.1, -0.05) is 30.3 Å². The first-order chi connectivity index (χ1) is 11.9. The van der Waals surface area contributed by atoms with Gasteiger partial charge in [0.25, 0.3) is 0 Å². The van der Waals surface area contributed by atoms with Gasteiger partial charge in [0.05, 0.1) is 0 Å². The highest BCUT2D eigenvalue weighted by Crippen LogP contribution is 2.40. The molecule has 1 aliphatic carbocycles. The number of carbonyl (C=O) groups excluding carboxylic acids is 1. The molecule has 1 aliphatic heterocycles. The SMILES string of the molecule is CC(C)(C)OC(=O)N1CCC(CCN[C@@H]2C[C@H]2c2ccccc2)CC1. The van der Waals surface area contributed by atoms with E-state index in [0.29, 0.717) is 12.0 Å². The molecule has 1 N–H and O–H groups in total. The van der Waals surface area contributed by atoms with Crippen LogP contribution in [0.3, 0.4) is 0 Å². The van der Waals surface area contributed by atoms with Crippen molar-refractivity contribution in [1.82, 2.24) is 10.2 Å². The normalized spacial score (nSPS) is 24.2. The summed E-state index contributed by atoms with van der Waals surface area (Å²) in [5, 5.41) is 3.71. The Hall–Kier alpha value is -1.55. The minimum atomic E-state index is -0.405. The van der Waals surface area contributed by atoms with E-state index in [4.69, 9.17) is 4.74 Å². The van der Waals surface area contributed by atoms with Crippen molar-refractivity contribution in [2.45, 2.75) is 64.0 Å². The molecule has 0 bridgehead atoms. The summed E-state index contributed by atoms with van der Waals surface area (Å²) in [4.78, 5) is 14.0. The number of piperidine rings is 1. The van der Waals surface area contributed by atoms with Crippen LogP contribution in [-0.4, -0.2) is 42.3 Å². The van der Waals surface area contributed by atoms with Crippen LogP contribution in [0.4, 0.5) is 4.79 Å². The lowest BCUT2D eigenvalue weighted by Crippen LogP contribution is -2.42. The van der Waals surface area contributed by atoms with Crippen LogP contribution < -0.4 is 5.32 Å². The zero-order valence-corrected chi connectivity index (χ0v) is 15.8. The summed E-state index contributed by atoms with van der Waals surface area (Å²) in [7, 11) is 0. The summed E-state index contributed by atoms with van der Waals surface area (Å²) >= 11 is 0. The summed E-state index contributed by atoms with van der Waals surface area (Å²) in [5.74, 6) is 1.43. The van der Waals surface area contributed by atoms with Gasteiger partial charge in [-0.3, -0.25) is 0 Å². The average Bonchev–Trinajstić information content (AvgIpc) is 3.34. The Morgan fingerprint density at radius 2 is 1.88 bits per heavy atom. The molecule has 138 valence electrons. The number of nitrogens with zero attached hydrogens (tertiary/aromatic N) is 1. The number of carbonyl (C=O) groups is 1. The molecular weight excluding hydrogens is 312 g/mol. The van der Waals surface area contributed by atoms with Crippen LogP contribution in [0.2, 0.25) is 0 Å². The van der Waals surface area contributed by atoms with Gasteiger partial charge < -0.3 is 15.0 Å². The minimum absolute atomic E-state index is 0.159. The summed E-state index contributed by atoms with van der Waals surface area (Å²) in [5.41, 5.74) is 1.06. The number of benzene rings is 1. The molecule has 1 aromatic carbocycles. The fourth-order valence-electron chi connectivity index (χ4n) is 3.69. The van der Waals surface area contributed by atoms with E-state index >= 15 is 0 Å². The second-order valence-electron chi connectivity index (χ2n) is 8.51. The lowest BCUT2D eigenvalue weighted by atomic mass is 9.94.